The number of nitrogens with zero attached hydrogens (tertiary/aromatic N) is 2. The van der Waals surface area contributed by atoms with E-state index < -0.39 is 0 Å². The number of benzene rings is 2. The Morgan fingerprint density at radius 3 is 2.55 bits per heavy atom. The van der Waals surface area contributed by atoms with Gasteiger partial charge in [0.2, 0.25) is 11.8 Å². The summed E-state index contributed by atoms with van der Waals surface area (Å²) in [5, 5.41) is 0. The Morgan fingerprint density at radius 1 is 1.07 bits per heavy atom. The second kappa shape index (κ2) is 10.2. The van der Waals surface area contributed by atoms with Gasteiger partial charge in [-0.1, -0.05) is 12.1 Å². The van der Waals surface area contributed by atoms with E-state index in [0.29, 0.717) is 19.7 Å². The van der Waals surface area contributed by atoms with Crippen molar-refractivity contribution >= 4 is 29.3 Å². The number of fused-ring (bicyclic) bond motifs is 1. The van der Waals surface area contributed by atoms with Gasteiger partial charge >= 0.3 is 0 Å². The molecule has 0 spiro atoms. The molecule has 0 bridgehead atoms. The van der Waals surface area contributed by atoms with Crippen LogP contribution in [0.4, 0.5) is 5.69 Å². The van der Waals surface area contributed by atoms with Crippen LogP contribution in [-0.2, 0) is 9.59 Å². The number of likely N-dealkylation sites (N-methyl/N-ethyl adjacent to an activating group) is 1. The number of hydrogen-bond acceptors (Lipinski definition) is 5. The smallest absolute Gasteiger partial charge is 0.227 e. The molecule has 1 aliphatic heterocycles. The summed E-state index contributed by atoms with van der Waals surface area (Å²) in [6, 6.07) is 15.2. The molecule has 6 nitrogen and oxygen atoms in total. The highest BCUT2D eigenvalue weighted by Crippen LogP contribution is 2.34. The fourth-order valence-corrected chi connectivity index (χ4v) is 4.06. The van der Waals surface area contributed by atoms with Crippen LogP contribution in [0.5, 0.6) is 11.5 Å². The number of carbonyl (C=O) groups excluding carboxylic acids is 2. The van der Waals surface area contributed by atoms with Crippen molar-refractivity contribution in [3.63, 3.8) is 0 Å². The van der Waals surface area contributed by atoms with Crippen molar-refractivity contribution in [2.24, 2.45) is 0 Å². The Kier molecular flexibility index (Phi) is 7.41. The summed E-state index contributed by atoms with van der Waals surface area (Å²) < 4.78 is 10.8. The molecule has 0 atom stereocenters. The average Bonchev–Trinajstić information content (AvgIpc) is 2.77. The van der Waals surface area contributed by atoms with Crippen molar-refractivity contribution in [1.82, 2.24) is 4.90 Å². The van der Waals surface area contributed by atoms with E-state index in [1.807, 2.05) is 48.5 Å². The molecule has 0 aromatic heterocycles. The van der Waals surface area contributed by atoms with Gasteiger partial charge in [-0.15, -0.1) is 11.8 Å². The maximum absolute atomic E-state index is 12.7. The van der Waals surface area contributed by atoms with Gasteiger partial charge < -0.3 is 19.3 Å². The Hall–Kier alpha value is -2.67. The average molecular weight is 415 g/mol. The highest BCUT2D eigenvalue weighted by atomic mass is 32.2. The predicted octanol–water partition coefficient (Wildman–Crippen LogP) is 3.45. The SMILES string of the molecule is COc1ccc(OCCN(C)C(=O)CCC(=O)N2CCSc3ccccc32)cc1. The molecule has 0 aliphatic carbocycles. The van der Waals surface area contributed by atoms with Crippen LogP contribution in [0.2, 0.25) is 0 Å². The van der Waals surface area contributed by atoms with Crippen molar-refractivity contribution in [1.29, 1.82) is 0 Å². The predicted molar refractivity (Wildman–Crippen MR) is 115 cm³/mol. The van der Waals surface area contributed by atoms with Crippen LogP contribution in [0.3, 0.4) is 0 Å². The fraction of sp³-hybridized carbons (Fsp3) is 0.364. The lowest BCUT2D eigenvalue weighted by Gasteiger charge is -2.29. The van der Waals surface area contributed by atoms with Gasteiger partial charge in [-0.3, -0.25) is 9.59 Å². The van der Waals surface area contributed by atoms with Crippen molar-refractivity contribution < 1.29 is 19.1 Å². The Labute approximate surface area is 175 Å². The summed E-state index contributed by atoms with van der Waals surface area (Å²) in [5.74, 6) is 2.30. The molecule has 0 fully saturated rings. The molecular weight excluding hydrogens is 388 g/mol. The highest BCUT2D eigenvalue weighted by molar-refractivity contribution is 7.99. The molecular formula is C22H26N2O4S. The lowest BCUT2D eigenvalue weighted by Crippen LogP contribution is -2.37. The minimum absolute atomic E-state index is 0.00557. The van der Waals surface area contributed by atoms with Crippen molar-refractivity contribution in [3.8, 4) is 11.5 Å². The summed E-state index contributed by atoms with van der Waals surface area (Å²) in [6.45, 7) is 1.53. The van der Waals surface area contributed by atoms with E-state index in [2.05, 4.69) is 0 Å². The monoisotopic (exact) mass is 414 g/mol. The zero-order valence-electron chi connectivity index (χ0n) is 16.8. The number of hydrogen-bond donors (Lipinski definition) is 0. The maximum Gasteiger partial charge on any atom is 0.227 e. The Balaban J connectivity index is 1.42. The molecule has 1 heterocycles. The molecule has 0 saturated carbocycles. The van der Waals surface area contributed by atoms with Gasteiger partial charge in [-0.05, 0) is 36.4 Å². The molecule has 2 aromatic carbocycles. The number of para-hydroxylation sites is 1. The van der Waals surface area contributed by atoms with Gasteiger partial charge in [0.15, 0.2) is 0 Å². The molecule has 2 aromatic rings. The van der Waals surface area contributed by atoms with Crippen LogP contribution in [0.15, 0.2) is 53.4 Å². The lowest BCUT2D eigenvalue weighted by atomic mass is 10.2. The van der Waals surface area contributed by atoms with Crippen LogP contribution >= 0.6 is 11.8 Å². The van der Waals surface area contributed by atoms with E-state index in [-0.39, 0.29) is 24.7 Å². The van der Waals surface area contributed by atoms with Crippen LogP contribution in [0.25, 0.3) is 0 Å². The van der Waals surface area contributed by atoms with E-state index in [9.17, 15) is 9.59 Å². The standard InChI is InChI=1S/C22H26N2O4S/c1-23(13-15-28-18-9-7-17(27-2)8-10-18)21(25)11-12-22(26)24-14-16-29-20-6-4-3-5-19(20)24/h3-10H,11-16H2,1-2H3. The van der Waals surface area contributed by atoms with E-state index >= 15 is 0 Å². The number of rotatable bonds is 8. The Morgan fingerprint density at radius 2 is 1.79 bits per heavy atom. The first-order chi connectivity index (χ1) is 14.1. The minimum atomic E-state index is -0.0589. The number of ether oxygens (including phenoxy) is 2. The van der Waals surface area contributed by atoms with Gasteiger partial charge in [0.25, 0.3) is 0 Å². The largest absolute Gasteiger partial charge is 0.497 e. The van der Waals surface area contributed by atoms with Crippen molar-refractivity contribution in [3.05, 3.63) is 48.5 Å². The first kappa shape index (κ1) is 21.0. The second-order valence-corrected chi connectivity index (χ2v) is 7.84. The first-order valence-electron chi connectivity index (χ1n) is 9.61. The second-order valence-electron chi connectivity index (χ2n) is 6.70. The van der Waals surface area contributed by atoms with Gasteiger partial charge in [-0.25, -0.2) is 0 Å². The zero-order chi connectivity index (χ0) is 20.6. The fourth-order valence-electron chi connectivity index (χ4n) is 3.07. The maximum atomic E-state index is 12.7. The Bertz CT molecular complexity index is 841. The summed E-state index contributed by atoms with van der Waals surface area (Å²) in [4.78, 5) is 29.6. The number of thioether (sulfide) groups is 1. The van der Waals surface area contributed by atoms with Crippen LogP contribution in [-0.4, -0.2) is 56.3 Å². The quantitative estimate of drug-likeness (QED) is 0.662. The molecule has 0 saturated heterocycles. The van der Waals surface area contributed by atoms with E-state index in [1.54, 1.807) is 35.7 Å². The summed E-state index contributed by atoms with van der Waals surface area (Å²) in [6.07, 6.45) is 0.408. The summed E-state index contributed by atoms with van der Waals surface area (Å²) >= 11 is 1.76. The van der Waals surface area contributed by atoms with E-state index in [1.165, 1.54) is 0 Å². The third kappa shape index (κ3) is 5.67. The lowest BCUT2D eigenvalue weighted by molar-refractivity contribution is -0.132. The number of methoxy groups -OCH3 is 1. The van der Waals surface area contributed by atoms with Gasteiger partial charge in [0, 0.05) is 37.1 Å². The molecule has 154 valence electrons. The number of amides is 2. The molecule has 1 aliphatic rings. The molecule has 2 amide bonds. The van der Waals surface area contributed by atoms with Crippen molar-refractivity contribution in [2.45, 2.75) is 17.7 Å². The van der Waals surface area contributed by atoms with Crippen LogP contribution in [0, 0.1) is 0 Å². The molecule has 0 unspecified atom stereocenters. The molecule has 29 heavy (non-hydrogen) atoms. The van der Waals surface area contributed by atoms with Gasteiger partial charge in [-0.2, -0.15) is 0 Å². The minimum Gasteiger partial charge on any atom is -0.497 e. The van der Waals surface area contributed by atoms with E-state index in [0.717, 1.165) is 27.8 Å². The van der Waals surface area contributed by atoms with E-state index in [4.69, 9.17) is 9.47 Å². The zero-order valence-corrected chi connectivity index (χ0v) is 17.6. The normalized spacial score (nSPS) is 12.8. The molecule has 0 radical (unpaired) electrons. The number of anilines is 1. The molecule has 7 heteroatoms. The van der Waals surface area contributed by atoms with Crippen LogP contribution in [0.1, 0.15) is 12.8 Å². The van der Waals surface area contributed by atoms with Crippen molar-refractivity contribution in [2.75, 3.05) is 44.5 Å². The molecule has 3 rings (SSSR count). The van der Waals surface area contributed by atoms with Gasteiger partial charge in [0.1, 0.15) is 18.1 Å². The van der Waals surface area contributed by atoms with Crippen LogP contribution < -0.4 is 14.4 Å². The van der Waals surface area contributed by atoms with Gasteiger partial charge in [0.05, 0.1) is 19.3 Å². The first-order valence-corrected chi connectivity index (χ1v) is 10.6. The topological polar surface area (TPSA) is 59.1 Å². The number of carbonyl (C=O) groups is 2. The molecule has 0 N–H and O–H groups in total. The third-order valence-corrected chi connectivity index (χ3v) is 5.81. The highest BCUT2D eigenvalue weighted by Gasteiger charge is 2.23. The third-order valence-electron chi connectivity index (χ3n) is 4.76. The summed E-state index contributed by atoms with van der Waals surface area (Å²) in [7, 11) is 3.35. The summed E-state index contributed by atoms with van der Waals surface area (Å²) in [5.41, 5.74) is 0.947.